The van der Waals surface area contributed by atoms with Crippen LogP contribution in [0.15, 0.2) is 48.5 Å². The molecule has 5 heteroatoms. The van der Waals surface area contributed by atoms with E-state index in [1.54, 1.807) is 0 Å². The Morgan fingerprint density at radius 3 is 2.18 bits per heavy atom. The Morgan fingerprint density at radius 2 is 1.50 bits per heavy atom. The van der Waals surface area contributed by atoms with Gasteiger partial charge in [-0.1, -0.05) is 18.2 Å². The summed E-state index contributed by atoms with van der Waals surface area (Å²) in [4.78, 5) is 0. The minimum atomic E-state index is 0.563. The van der Waals surface area contributed by atoms with Crippen molar-refractivity contribution in [2.24, 2.45) is 0 Å². The van der Waals surface area contributed by atoms with Crippen LogP contribution in [0.3, 0.4) is 0 Å². The smallest absolute Gasteiger partial charge is 0.146 e. The van der Waals surface area contributed by atoms with Crippen LogP contribution in [0.2, 0.25) is 0 Å². The highest BCUT2D eigenvalue weighted by molar-refractivity contribution is 14.1. The van der Waals surface area contributed by atoms with E-state index in [9.17, 15) is 0 Å². The molecule has 0 amide bonds. The van der Waals surface area contributed by atoms with Crippen molar-refractivity contribution in [3.63, 3.8) is 0 Å². The van der Waals surface area contributed by atoms with Gasteiger partial charge in [-0.25, -0.2) is 0 Å². The fraction of sp³-hybridized carbons (Fsp3) is 0.0588. The summed E-state index contributed by atoms with van der Waals surface area (Å²) < 4.78 is 9.64. The molecule has 0 heterocycles. The van der Waals surface area contributed by atoms with Gasteiger partial charge < -0.3 is 10.5 Å². The molecule has 0 fully saturated rings. The molecule has 0 saturated heterocycles. The largest absolute Gasteiger partial charge is 0.487 e. The number of ether oxygens (including phenoxy) is 1. The Morgan fingerprint density at radius 1 is 0.864 bits per heavy atom. The minimum absolute atomic E-state index is 0.563. The normalized spacial score (nSPS) is 10.9. The van der Waals surface area contributed by atoms with Crippen molar-refractivity contribution < 1.29 is 10.5 Å². The topological polar surface area (TPSA) is 36.9 Å². The molecule has 3 aromatic rings. The summed E-state index contributed by atoms with van der Waals surface area (Å²) in [5.41, 5.74) is 6.34. The number of fused-ring (bicyclic) bond motifs is 1. The molecule has 0 aliphatic carbocycles. The van der Waals surface area contributed by atoms with Crippen molar-refractivity contribution in [3.8, 4) is 5.75 Å². The summed E-state index contributed by atoms with van der Waals surface area (Å²) in [7, 11) is 0. The van der Waals surface area contributed by atoms with Crippen LogP contribution in [0.25, 0.3) is 10.8 Å². The zero-order chi connectivity index (χ0) is 15.7. The highest BCUT2D eigenvalue weighted by Crippen LogP contribution is 2.31. The highest BCUT2D eigenvalue weighted by Gasteiger charge is 2.10. The third-order valence-electron chi connectivity index (χ3n) is 3.44. The average molecular weight is 628 g/mol. The van der Waals surface area contributed by atoms with Crippen molar-refractivity contribution >= 4 is 84.2 Å². The molecule has 0 radical (unpaired) electrons. The van der Waals surface area contributed by atoms with E-state index in [0.717, 1.165) is 18.6 Å². The summed E-state index contributed by atoms with van der Waals surface area (Å²) in [5, 5.41) is 2.40. The van der Waals surface area contributed by atoms with Crippen LogP contribution in [-0.2, 0) is 6.61 Å². The van der Waals surface area contributed by atoms with Gasteiger partial charge in [-0.05, 0) is 109 Å². The molecule has 0 unspecified atom stereocenters. The molecule has 0 saturated carbocycles. The second-order valence-corrected chi connectivity index (χ2v) is 8.49. The summed E-state index contributed by atoms with van der Waals surface area (Å²) >= 11 is 7.00. The van der Waals surface area contributed by atoms with Gasteiger partial charge in [-0.2, -0.15) is 0 Å². The Balaban J connectivity index is 1.94. The SMILES string of the molecule is [NH3+]c1ccc(COc2c(I)cc(I)cc2I)c2ccccc12. The van der Waals surface area contributed by atoms with Gasteiger partial charge in [0.1, 0.15) is 18.0 Å². The van der Waals surface area contributed by atoms with E-state index in [-0.39, 0.29) is 0 Å². The number of benzene rings is 3. The van der Waals surface area contributed by atoms with Gasteiger partial charge in [0.05, 0.1) is 7.14 Å². The summed E-state index contributed by atoms with van der Waals surface area (Å²) in [6.45, 7) is 0.563. The average Bonchev–Trinajstić information content (AvgIpc) is 2.48. The van der Waals surface area contributed by atoms with E-state index in [4.69, 9.17) is 4.74 Å². The van der Waals surface area contributed by atoms with E-state index >= 15 is 0 Å². The first-order valence-corrected chi connectivity index (χ1v) is 9.90. The maximum absolute atomic E-state index is 6.12. The summed E-state index contributed by atoms with van der Waals surface area (Å²) in [6, 6.07) is 16.8. The van der Waals surface area contributed by atoms with Crippen molar-refractivity contribution in [1.29, 1.82) is 0 Å². The van der Waals surface area contributed by atoms with E-state index < -0.39 is 0 Å². The Bertz CT molecular complexity index is 825. The van der Waals surface area contributed by atoms with Crippen molar-refractivity contribution in [3.05, 3.63) is 64.8 Å². The Labute approximate surface area is 170 Å². The molecule has 3 rings (SSSR count). The third kappa shape index (κ3) is 3.51. The molecule has 2 nitrogen and oxygen atoms in total. The van der Waals surface area contributed by atoms with E-state index in [1.165, 1.54) is 19.9 Å². The molecule has 0 bridgehead atoms. The van der Waals surface area contributed by atoms with Crippen LogP contribution in [-0.4, -0.2) is 0 Å². The Kier molecular flexibility index (Phi) is 5.46. The van der Waals surface area contributed by atoms with Gasteiger partial charge >= 0.3 is 0 Å². The molecule has 0 aliphatic rings. The molecule has 3 N–H and O–H groups in total. The van der Waals surface area contributed by atoms with Crippen LogP contribution < -0.4 is 10.5 Å². The summed E-state index contributed by atoms with van der Waals surface area (Å²) in [5.74, 6) is 0.962. The minimum Gasteiger partial charge on any atom is -0.487 e. The maximum Gasteiger partial charge on any atom is 0.146 e. The van der Waals surface area contributed by atoms with E-state index in [2.05, 4.69) is 116 Å². The standard InChI is InChI=1S/C17H12I3NO/c18-11-7-14(19)17(15(20)8-11)22-9-10-5-6-16(21)13-4-2-1-3-12(10)13/h1-8H,9,21H2/p+1. The van der Waals surface area contributed by atoms with Crippen LogP contribution in [0.5, 0.6) is 5.75 Å². The molecule has 3 aromatic carbocycles. The molecular formula is C17H13I3NO+. The predicted octanol–water partition coefficient (Wildman–Crippen LogP) is 5.11. The lowest BCUT2D eigenvalue weighted by Gasteiger charge is -2.13. The van der Waals surface area contributed by atoms with Crippen LogP contribution >= 0.6 is 67.8 Å². The lowest BCUT2D eigenvalue weighted by Crippen LogP contribution is -2.40. The number of halogens is 3. The number of quaternary nitrogens is 1. The van der Waals surface area contributed by atoms with Gasteiger partial charge in [-0.15, -0.1) is 0 Å². The maximum atomic E-state index is 6.12. The monoisotopic (exact) mass is 628 g/mol. The number of rotatable bonds is 3. The quantitative estimate of drug-likeness (QED) is 0.403. The van der Waals surface area contributed by atoms with Gasteiger partial charge in [0.15, 0.2) is 0 Å². The molecule has 22 heavy (non-hydrogen) atoms. The van der Waals surface area contributed by atoms with Crippen LogP contribution in [0, 0.1) is 10.7 Å². The fourth-order valence-electron chi connectivity index (χ4n) is 2.37. The van der Waals surface area contributed by atoms with Crippen LogP contribution in [0.4, 0.5) is 5.69 Å². The van der Waals surface area contributed by atoms with Crippen molar-refractivity contribution in [2.75, 3.05) is 0 Å². The molecule has 0 aromatic heterocycles. The van der Waals surface area contributed by atoms with Crippen molar-refractivity contribution in [1.82, 2.24) is 0 Å². The first-order chi connectivity index (χ1) is 10.6. The Hall–Kier alpha value is -0.130. The van der Waals surface area contributed by atoms with Gasteiger partial charge in [0, 0.05) is 8.96 Å². The second-order valence-electron chi connectivity index (χ2n) is 4.92. The van der Waals surface area contributed by atoms with Gasteiger partial charge in [0.2, 0.25) is 0 Å². The number of hydrogen-bond donors (Lipinski definition) is 1. The first-order valence-electron chi connectivity index (χ1n) is 6.66. The number of hydrogen-bond acceptors (Lipinski definition) is 1. The second kappa shape index (κ2) is 7.18. The highest BCUT2D eigenvalue weighted by atomic mass is 127. The van der Waals surface area contributed by atoms with E-state index in [1.807, 2.05) is 6.07 Å². The molecule has 0 aliphatic heterocycles. The zero-order valence-corrected chi connectivity index (χ0v) is 18.0. The molecular weight excluding hydrogens is 615 g/mol. The molecule has 0 atom stereocenters. The molecule has 112 valence electrons. The fourth-order valence-corrected chi connectivity index (χ4v) is 6.26. The lowest BCUT2D eigenvalue weighted by molar-refractivity contribution is -0.252. The zero-order valence-electron chi connectivity index (χ0n) is 11.6. The predicted molar refractivity (Wildman–Crippen MR) is 115 cm³/mol. The molecule has 0 spiro atoms. The van der Waals surface area contributed by atoms with Crippen LogP contribution in [0.1, 0.15) is 5.56 Å². The third-order valence-corrected chi connectivity index (χ3v) is 5.67. The van der Waals surface area contributed by atoms with Gasteiger partial charge in [0.25, 0.3) is 0 Å². The summed E-state index contributed by atoms with van der Waals surface area (Å²) in [6.07, 6.45) is 0. The first kappa shape index (κ1) is 16.7. The van der Waals surface area contributed by atoms with Crippen molar-refractivity contribution in [2.45, 2.75) is 6.61 Å². The lowest BCUT2D eigenvalue weighted by atomic mass is 10.0. The van der Waals surface area contributed by atoms with E-state index in [0.29, 0.717) is 6.61 Å². The van der Waals surface area contributed by atoms with Gasteiger partial charge in [-0.3, -0.25) is 0 Å².